The molecule has 0 unspecified atom stereocenters. The number of fused-ring (bicyclic) bond motifs is 1. The zero-order valence-electron chi connectivity index (χ0n) is 17.7. The highest BCUT2D eigenvalue weighted by Gasteiger charge is 2.13. The fourth-order valence-electron chi connectivity index (χ4n) is 2.98. The van der Waals surface area contributed by atoms with Gasteiger partial charge < -0.3 is 10.1 Å². The first-order valence-electron chi connectivity index (χ1n) is 10.2. The lowest BCUT2D eigenvalue weighted by Crippen LogP contribution is -2.34. The molecule has 2 N–H and O–H groups in total. The van der Waals surface area contributed by atoms with Gasteiger partial charge in [-0.3, -0.25) is 10.1 Å². The maximum Gasteiger partial charge on any atom is 0.257 e. The molecule has 2 aromatic carbocycles. The fourth-order valence-corrected chi connectivity index (χ4v) is 4.05. The number of carbonyl (C=O) groups excluding carboxylic acids is 1. The van der Waals surface area contributed by atoms with Crippen molar-refractivity contribution in [3.63, 3.8) is 0 Å². The summed E-state index contributed by atoms with van der Waals surface area (Å²) in [5.41, 5.74) is 2.17. The summed E-state index contributed by atoms with van der Waals surface area (Å²) in [6.07, 6.45) is 1.69. The average Bonchev–Trinajstić information content (AvgIpc) is 3.39. The Labute approximate surface area is 194 Å². The van der Waals surface area contributed by atoms with E-state index in [4.69, 9.17) is 17.0 Å². The third-order valence-corrected chi connectivity index (χ3v) is 5.71. The first-order valence-corrected chi connectivity index (χ1v) is 11.5. The molecule has 8 nitrogen and oxygen atoms in total. The Morgan fingerprint density at radius 2 is 1.97 bits per heavy atom. The van der Waals surface area contributed by atoms with Crippen LogP contribution in [0.4, 0.5) is 5.69 Å². The topological polar surface area (TPSA) is 93.4 Å². The number of anilines is 1. The van der Waals surface area contributed by atoms with Crippen LogP contribution in [0, 0.1) is 0 Å². The van der Waals surface area contributed by atoms with E-state index in [9.17, 15) is 4.79 Å². The lowest BCUT2D eigenvalue weighted by atomic mass is 10.2. The van der Waals surface area contributed by atoms with Crippen LogP contribution in [0.15, 0.2) is 48.5 Å². The molecule has 0 aliphatic rings. The van der Waals surface area contributed by atoms with E-state index in [-0.39, 0.29) is 11.0 Å². The van der Waals surface area contributed by atoms with Gasteiger partial charge in [0.15, 0.2) is 10.9 Å². The summed E-state index contributed by atoms with van der Waals surface area (Å²) in [5.74, 6) is 1.27. The van der Waals surface area contributed by atoms with E-state index in [1.807, 2.05) is 38.1 Å². The summed E-state index contributed by atoms with van der Waals surface area (Å²) in [7, 11) is 0. The summed E-state index contributed by atoms with van der Waals surface area (Å²) < 4.78 is 7.31. The maximum atomic E-state index is 12.5. The summed E-state index contributed by atoms with van der Waals surface area (Å²) in [6, 6.07) is 14.6. The van der Waals surface area contributed by atoms with Crippen LogP contribution in [-0.4, -0.2) is 37.4 Å². The Morgan fingerprint density at radius 1 is 1.16 bits per heavy atom. The highest BCUT2D eigenvalue weighted by atomic mass is 32.1. The number of aryl methyl sites for hydroxylation is 1. The van der Waals surface area contributed by atoms with Crippen LogP contribution in [0.2, 0.25) is 0 Å². The van der Waals surface area contributed by atoms with Crippen molar-refractivity contribution >= 4 is 45.2 Å². The standard InChI is InChI=1S/C22H22N6O2S2/c1-3-12-30-17-10-8-14(9-11-17)19(29)24-21(31)23-16-7-5-6-15(13-16)20-27-28-18(4-2)25-26-22(28)32-20/h5-11,13H,3-4,12H2,1-2H3,(H2,23,24,29,31). The fraction of sp³-hybridized carbons (Fsp3) is 0.227. The predicted octanol–water partition coefficient (Wildman–Crippen LogP) is 4.33. The molecule has 0 saturated heterocycles. The van der Waals surface area contributed by atoms with Gasteiger partial charge in [-0.25, -0.2) is 0 Å². The number of ether oxygens (including phenoxy) is 1. The van der Waals surface area contributed by atoms with Gasteiger partial charge in [0.25, 0.3) is 5.91 Å². The molecule has 0 saturated carbocycles. The second-order valence-corrected chi connectivity index (χ2v) is 8.30. The average molecular weight is 467 g/mol. The molecule has 10 heteroatoms. The molecule has 164 valence electrons. The molecule has 0 spiro atoms. The summed E-state index contributed by atoms with van der Waals surface area (Å²) in [4.78, 5) is 13.2. The van der Waals surface area contributed by atoms with Crippen molar-refractivity contribution in [3.05, 3.63) is 59.9 Å². The molecule has 4 aromatic rings. The SMILES string of the molecule is CCCOc1ccc(C(=O)NC(=S)Nc2cccc(-c3nn4c(CC)nnc4s3)c2)cc1. The molecule has 32 heavy (non-hydrogen) atoms. The molecular weight excluding hydrogens is 444 g/mol. The number of benzene rings is 2. The van der Waals surface area contributed by atoms with E-state index in [1.165, 1.54) is 11.3 Å². The molecule has 2 heterocycles. The first-order chi connectivity index (χ1) is 15.6. The Morgan fingerprint density at radius 3 is 2.72 bits per heavy atom. The van der Waals surface area contributed by atoms with Gasteiger partial charge in [-0.05, 0) is 55.0 Å². The number of amides is 1. The molecular formula is C22H22N6O2S2. The Balaban J connectivity index is 1.41. The van der Waals surface area contributed by atoms with Crippen LogP contribution in [0.1, 0.15) is 36.5 Å². The molecule has 1 amide bonds. The third-order valence-electron chi connectivity index (χ3n) is 4.56. The van der Waals surface area contributed by atoms with Crippen LogP contribution < -0.4 is 15.4 Å². The normalized spacial score (nSPS) is 10.8. The second kappa shape index (κ2) is 9.84. The summed E-state index contributed by atoms with van der Waals surface area (Å²) in [6.45, 7) is 4.70. The van der Waals surface area contributed by atoms with Gasteiger partial charge in [0, 0.05) is 23.2 Å². The molecule has 4 rings (SSSR count). The van der Waals surface area contributed by atoms with Gasteiger partial charge in [-0.15, -0.1) is 10.2 Å². The Bertz CT molecular complexity index is 1250. The highest BCUT2D eigenvalue weighted by molar-refractivity contribution is 7.80. The van der Waals surface area contributed by atoms with E-state index < -0.39 is 0 Å². The lowest BCUT2D eigenvalue weighted by Gasteiger charge is -2.11. The van der Waals surface area contributed by atoms with Gasteiger partial charge in [-0.2, -0.15) is 9.61 Å². The van der Waals surface area contributed by atoms with Crippen LogP contribution in [-0.2, 0) is 6.42 Å². The number of carbonyl (C=O) groups is 1. The van der Waals surface area contributed by atoms with Crippen LogP contribution in [0.3, 0.4) is 0 Å². The minimum atomic E-state index is -0.290. The monoisotopic (exact) mass is 466 g/mol. The number of hydrogen-bond donors (Lipinski definition) is 2. The van der Waals surface area contributed by atoms with Crippen LogP contribution in [0.25, 0.3) is 15.5 Å². The molecule has 2 aromatic heterocycles. The van der Waals surface area contributed by atoms with Crippen molar-refractivity contribution in [2.75, 3.05) is 11.9 Å². The number of thiocarbonyl (C=S) groups is 1. The molecule has 0 radical (unpaired) electrons. The third kappa shape index (κ3) is 4.92. The van der Waals surface area contributed by atoms with Crippen molar-refractivity contribution in [1.82, 2.24) is 25.1 Å². The quantitative estimate of drug-likeness (QED) is 0.392. The Hall–Kier alpha value is -3.37. The number of rotatable bonds is 7. The molecule has 0 aliphatic heterocycles. The Kier molecular flexibility index (Phi) is 6.72. The second-order valence-electron chi connectivity index (χ2n) is 6.93. The smallest absolute Gasteiger partial charge is 0.257 e. The summed E-state index contributed by atoms with van der Waals surface area (Å²) in [5, 5.41) is 19.7. The molecule has 0 bridgehead atoms. The van der Waals surface area contributed by atoms with Gasteiger partial charge in [0.05, 0.1) is 6.61 Å². The number of nitrogens with one attached hydrogen (secondary N) is 2. The van der Waals surface area contributed by atoms with Crippen molar-refractivity contribution in [2.24, 2.45) is 0 Å². The number of hydrogen-bond acceptors (Lipinski definition) is 7. The van der Waals surface area contributed by atoms with Gasteiger partial charge in [0.1, 0.15) is 10.8 Å². The minimum Gasteiger partial charge on any atom is -0.494 e. The zero-order valence-corrected chi connectivity index (χ0v) is 19.3. The van der Waals surface area contributed by atoms with Crippen molar-refractivity contribution in [1.29, 1.82) is 0 Å². The summed E-state index contributed by atoms with van der Waals surface area (Å²) >= 11 is 6.79. The van der Waals surface area contributed by atoms with E-state index in [1.54, 1.807) is 28.8 Å². The highest BCUT2D eigenvalue weighted by Crippen LogP contribution is 2.27. The minimum absolute atomic E-state index is 0.213. The van der Waals surface area contributed by atoms with Crippen LogP contribution in [0.5, 0.6) is 5.75 Å². The van der Waals surface area contributed by atoms with E-state index in [0.29, 0.717) is 12.2 Å². The predicted molar refractivity (Wildman–Crippen MR) is 129 cm³/mol. The van der Waals surface area contributed by atoms with Crippen molar-refractivity contribution < 1.29 is 9.53 Å². The van der Waals surface area contributed by atoms with E-state index >= 15 is 0 Å². The maximum absolute atomic E-state index is 12.5. The molecule has 0 aliphatic carbocycles. The molecule has 0 atom stereocenters. The molecule has 0 fully saturated rings. The van der Waals surface area contributed by atoms with Crippen LogP contribution >= 0.6 is 23.6 Å². The van der Waals surface area contributed by atoms with E-state index in [0.717, 1.165) is 45.6 Å². The number of aromatic nitrogens is 4. The van der Waals surface area contributed by atoms with Gasteiger partial charge in [-0.1, -0.05) is 37.3 Å². The van der Waals surface area contributed by atoms with Gasteiger partial charge >= 0.3 is 0 Å². The first kappa shape index (κ1) is 21.8. The van der Waals surface area contributed by atoms with Crippen molar-refractivity contribution in [2.45, 2.75) is 26.7 Å². The van der Waals surface area contributed by atoms with Crippen molar-refractivity contribution in [3.8, 4) is 16.3 Å². The number of nitrogens with zero attached hydrogens (tertiary/aromatic N) is 4. The van der Waals surface area contributed by atoms with E-state index in [2.05, 4.69) is 25.9 Å². The zero-order chi connectivity index (χ0) is 22.5. The largest absolute Gasteiger partial charge is 0.494 e. The lowest BCUT2D eigenvalue weighted by molar-refractivity contribution is 0.0977. The van der Waals surface area contributed by atoms with Gasteiger partial charge in [0.2, 0.25) is 4.96 Å².